The van der Waals surface area contributed by atoms with Crippen LogP contribution in [0.2, 0.25) is 5.02 Å². The van der Waals surface area contributed by atoms with Crippen LogP contribution in [0.4, 0.5) is 11.4 Å². The predicted molar refractivity (Wildman–Crippen MR) is 139 cm³/mol. The number of thiazole rings is 1. The molecule has 2 N–H and O–H groups in total. The number of aromatic hydroxyl groups is 1. The molecular formula is C24H20ClN3O4S2. The third-order valence-electron chi connectivity index (χ3n) is 4.70. The summed E-state index contributed by atoms with van der Waals surface area (Å²) in [5.41, 5.74) is 2.62. The quantitative estimate of drug-likeness (QED) is 0.217. The molecule has 7 nitrogen and oxygen atoms in total. The fourth-order valence-corrected chi connectivity index (χ4v) is 5.11. The van der Waals surface area contributed by atoms with Gasteiger partial charge in [0, 0.05) is 22.9 Å². The van der Waals surface area contributed by atoms with E-state index >= 15 is 0 Å². The highest BCUT2D eigenvalue weighted by atomic mass is 35.5. The molecule has 0 aliphatic rings. The first-order valence-corrected chi connectivity index (χ1v) is 12.2. The molecule has 0 saturated carbocycles. The topological polar surface area (TPSA) is 93.0 Å². The van der Waals surface area contributed by atoms with Crippen LogP contribution in [0, 0.1) is 0 Å². The normalized spacial score (nSPS) is 11.1. The van der Waals surface area contributed by atoms with E-state index < -0.39 is 0 Å². The molecule has 0 aliphatic carbocycles. The first-order valence-electron chi connectivity index (χ1n) is 10.0. The second kappa shape index (κ2) is 10.8. The van der Waals surface area contributed by atoms with Gasteiger partial charge in [0.2, 0.25) is 5.91 Å². The van der Waals surface area contributed by atoms with E-state index in [1.54, 1.807) is 50.8 Å². The molecule has 10 heteroatoms. The van der Waals surface area contributed by atoms with Crippen molar-refractivity contribution in [1.82, 2.24) is 4.98 Å². The van der Waals surface area contributed by atoms with Crippen molar-refractivity contribution in [2.45, 2.75) is 4.34 Å². The van der Waals surface area contributed by atoms with Crippen LogP contribution in [0.25, 0.3) is 10.2 Å². The average molecular weight is 514 g/mol. The minimum atomic E-state index is -0.178. The van der Waals surface area contributed by atoms with Crippen LogP contribution in [0.1, 0.15) is 5.56 Å². The van der Waals surface area contributed by atoms with Crippen molar-refractivity contribution in [3.05, 3.63) is 65.2 Å². The summed E-state index contributed by atoms with van der Waals surface area (Å²) in [5, 5.41) is 13.3. The van der Waals surface area contributed by atoms with Crippen LogP contribution in [0.5, 0.6) is 17.2 Å². The van der Waals surface area contributed by atoms with Crippen molar-refractivity contribution in [2.75, 3.05) is 25.3 Å². The number of phenolic OH excluding ortho intramolecular Hbond substituents is 1. The lowest BCUT2D eigenvalue weighted by molar-refractivity contribution is -0.113. The molecule has 0 radical (unpaired) electrons. The summed E-state index contributed by atoms with van der Waals surface area (Å²) in [6, 6.07) is 15.6. The number of hydrogen-bond donors (Lipinski definition) is 2. The fraction of sp³-hybridized carbons (Fsp3) is 0.125. The number of aliphatic imine (C=N–C) groups is 1. The number of phenols is 1. The summed E-state index contributed by atoms with van der Waals surface area (Å²) in [5.74, 6) is 1.30. The number of rotatable bonds is 8. The molecule has 0 unspecified atom stereocenters. The maximum Gasteiger partial charge on any atom is 0.234 e. The number of amides is 1. The lowest BCUT2D eigenvalue weighted by Crippen LogP contribution is -2.14. The molecule has 1 heterocycles. The summed E-state index contributed by atoms with van der Waals surface area (Å²) < 4.78 is 12.2. The second-order valence-corrected chi connectivity index (χ2v) is 9.69. The Morgan fingerprint density at radius 2 is 2.03 bits per heavy atom. The van der Waals surface area contributed by atoms with Crippen LogP contribution in [0.3, 0.4) is 0 Å². The van der Waals surface area contributed by atoms with E-state index in [2.05, 4.69) is 15.3 Å². The summed E-state index contributed by atoms with van der Waals surface area (Å²) in [6.07, 6.45) is 1.57. The molecular weight excluding hydrogens is 494 g/mol. The molecule has 174 valence electrons. The zero-order valence-electron chi connectivity index (χ0n) is 18.2. The molecule has 0 saturated heterocycles. The van der Waals surface area contributed by atoms with E-state index in [1.165, 1.54) is 29.2 Å². The van der Waals surface area contributed by atoms with Gasteiger partial charge in [0.1, 0.15) is 17.2 Å². The predicted octanol–water partition coefficient (Wildman–Crippen LogP) is 6.15. The summed E-state index contributed by atoms with van der Waals surface area (Å²) in [4.78, 5) is 21.5. The third-order valence-corrected chi connectivity index (χ3v) is 7.10. The molecule has 1 aromatic heterocycles. The van der Waals surface area contributed by atoms with Gasteiger partial charge in [-0.25, -0.2) is 4.98 Å². The van der Waals surface area contributed by atoms with Gasteiger partial charge in [-0.2, -0.15) is 0 Å². The van der Waals surface area contributed by atoms with E-state index in [-0.39, 0.29) is 17.4 Å². The van der Waals surface area contributed by atoms with Gasteiger partial charge in [-0.1, -0.05) is 23.4 Å². The van der Waals surface area contributed by atoms with Crippen molar-refractivity contribution in [1.29, 1.82) is 0 Å². The Hall–Kier alpha value is -3.27. The zero-order valence-corrected chi connectivity index (χ0v) is 20.6. The average Bonchev–Trinajstić information content (AvgIpc) is 3.25. The lowest BCUT2D eigenvalue weighted by Gasteiger charge is -2.11. The number of hydrogen-bond acceptors (Lipinski definition) is 8. The maximum atomic E-state index is 12.5. The number of nitrogens with one attached hydrogen (secondary N) is 1. The number of benzene rings is 3. The molecule has 4 rings (SSSR count). The Balaban J connectivity index is 1.42. The Kier molecular flexibility index (Phi) is 7.56. The Morgan fingerprint density at radius 1 is 1.18 bits per heavy atom. The van der Waals surface area contributed by atoms with Crippen LogP contribution in [0.15, 0.2) is 63.9 Å². The highest BCUT2D eigenvalue weighted by Crippen LogP contribution is 2.33. The highest BCUT2D eigenvalue weighted by Gasteiger charge is 2.12. The fourth-order valence-electron chi connectivity index (χ4n) is 3.03. The molecule has 0 aliphatic heterocycles. The molecule has 0 bridgehead atoms. The number of carbonyl (C=O) groups excluding carboxylic acids is 1. The summed E-state index contributed by atoms with van der Waals surface area (Å²) in [6.45, 7) is 0. The van der Waals surface area contributed by atoms with Gasteiger partial charge in [-0.3, -0.25) is 9.79 Å². The second-order valence-electron chi connectivity index (χ2n) is 7.00. The van der Waals surface area contributed by atoms with Crippen molar-refractivity contribution >= 4 is 68.4 Å². The van der Waals surface area contributed by atoms with Gasteiger partial charge in [0.15, 0.2) is 4.34 Å². The third kappa shape index (κ3) is 5.80. The summed E-state index contributed by atoms with van der Waals surface area (Å²) >= 11 is 8.82. The van der Waals surface area contributed by atoms with E-state index in [4.69, 9.17) is 21.1 Å². The molecule has 0 atom stereocenters. The molecule has 0 fully saturated rings. The summed E-state index contributed by atoms with van der Waals surface area (Å²) in [7, 11) is 3.11. The largest absolute Gasteiger partial charge is 0.507 e. The number of carbonyl (C=O) groups is 1. The number of anilines is 1. The first kappa shape index (κ1) is 23.9. The lowest BCUT2D eigenvalue weighted by atomic mass is 10.2. The molecule has 3 aromatic carbocycles. The first-order chi connectivity index (χ1) is 16.4. The van der Waals surface area contributed by atoms with Gasteiger partial charge in [0.25, 0.3) is 0 Å². The standard InChI is InChI=1S/C24H20ClN3O4S2/c1-31-17-5-8-21(32-2)19(11-17)27-23(30)13-33-24-28-18-6-4-16(10-22(18)34-24)26-12-14-9-15(25)3-7-20(14)29/h3-12,29H,13H2,1-2H3,(H,27,30). The number of ether oxygens (including phenoxy) is 2. The van der Waals surface area contributed by atoms with E-state index in [9.17, 15) is 9.90 Å². The van der Waals surface area contributed by atoms with Gasteiger partial charge < -0.3 is 19.9 Å². The van der Waals surface area contributed by atoms with Crippen LogP contribution in [-0.4, -0.2) is 42.2 Å². The minimum absolute atomic E-state index is 0.107. The van der Waals surface area contributed by atoms with Crippen LogP contribution >= 0.6 is 34.7 Å². The minimum Gasteiger partial charge on any atom is -0.507 e. The van der Waals surface area contributed by atoms with Crippen molar-refractivity contribution in [3.8, 4) is 17.2 Å². The zero-order chi connectivity index (χ0) is 24.1. The molecule has 0 spiro atoms. The van der Waals surface area contributed by atoms with Gasteiger partial charge in [-0.15, -0.1) is 11.3 Å². The SMILES string of the molecule is COc1ccc(OC)c(NC(=O)CSc2nc3ccc(N=Cc4cc(Cl)ccc4O)cc3s2)c1. The van der Waals surface area contributed by atoms with E-state index in [0.717, 1.165) is 20.2 Å². The Labute approximate surface area is 209 Å². The number of nitrogens with zero attached hydrogens (tertiary/aromatic N) is 2. The number of fused-ring (bicyclic) bond motifs is 1. The van der Waals surface area contributed by atoms with E-state index in [0.29, 0.717) is 27.8 Å². The number of halogens is 1. The number of thioether (sulfide) groups is 1. The van der Waals surface area contributed by atoms with Crippen molar-refractivity contribution in [3.63, 3.8) is 0 Å². The van der Waals surface area contributed by atoms with Crippen molar-refractivity contribution in [2.24, 2.45) is 4.99 Å². The maximum absolute atomic E-state index is 12.5. The van der Waals surface area contributed by atoms with E-state index in [1.807, 2.05) is 18.2 Å². The monoisotopic (exact) mass is 513 g/mol. The van der Waals surface area contributed by atoms with Gasteiger partial charge in [-0.05, 0) is 48.5 Å². The van der Waals surface area contributed by atoms with Crippen molar-refractivity contribution < 1.29 is 19.4 Å². The number of aromatic nitrogens is 1. The smallest absolute Gasteiger partial charge is 0.234 e. The van der Waals surface area contributed by atoms with Crippen LogP contribution in [-0.2, 0) is 4.79 Å². The number of methoxy groups -OCH3 is 2. The Morgan fingerprint density at radius 3 is 2.82 bits per heavy atom. The molecule has 4 aromatic rings. The van der Waals surface area contributed by atoms with Gasteiger partial charge >= 0.3 is 0 Å². The Bertz CT molecular complexity index is 1370. The van der Waals surface area contributed by atoms with Crippen LogP contribution < -0.4 is 14.8 Å². The molecule has 1 amide bonds. The van der Waals surface area contributed by atoms with Gasteiger partial charge in [0.05, 0.1) is 41.6 Å². The highest BCUT2D eigenvalue weighted by molar-refractivity contribution is 8.01. The molecule has 34 heavy (non-hydrogen) atoms.